The molecule has 12 heteroatoms. The minimum absolute atomic E-state index is 0.0384. The summed E-state index contributed by atoms with van der Waals surface area (Å²) in [5.74, 6) is -4.63. The molecule has 6 N–H and O–H groups in total. The van der Waals surface area contributed by atoms with Gasteiger partial charge in [-0.2, -0.15) is 0 Å². The number of ether oxygens (including phenoxy) is 1. The van der Waals surface area contributed by atoms with E-state index in [9.17, 15) is 24.6 Å². The van der Waals surface area contributed by atoms with Crippen LogP contribution in [0.25, 0.3) is 0 Å². The second kappa shape index (κ2) is 8.91. The van der Waals surface area contributed by atoms with Crippen molar-refractivity contribution in [1.82, 2.24) is 4.90 Å². The predicted octanol–water partition coefficient (Wildman–Crippen LogP) is -0.903. The Kier molecular flexibility index (Phi) is 6.83. The molecule has 0 spiro atoms. The molecule has 0 saturated carbocycles. The molecule has 1 heterocycles. The van der Waals surface area contributed by atoms with E-state index in [4.69, 9.17) is 25.0 Å². The van der Waals surface area contributed by atoms with Gasteiger partial charge in [-0.15, -0.1) is 0 Å². The normalized spacial score (nSPS) is 15.5. The van der Waals surface area contributed by atoms with Crippen LogP contribution in [0.1, 0.15) is 22.3 Å². The number of benzene rings is 1. The van der Waals surface area contributed by atoms with Crippen molar-refractivity contribution < 1.29 is 49.6 Å². The molecule has 0 radical (unpaired) electrons. The van der Waals surface area contributed by atoms with Crippen LogP contribution >= 0.6 is 0 Å². The average Bonchev–Trinajstić information content (AvgIpc) is 2.54. The zero-order valence-electron chi connectivity index (χ0n) is 14.7. The summed E-state index contributed by atoms with van der Waals surface area (Å²) in [4.78, 5) is 34.8. The number of phenols is 1. The molecule has 1 aromatic rings. The second-order valence-corrected chi connectivity index (χ2v) is 6.42. The summed E-state index contributed by atoms with van der Waals surface area (Å²) in [5, 5.41) is 55.3. The van der Waals surface area contributed by atoms with E-state index in [1.807, 2.05) is 0 Å². The number of carbonyl (C=O) groups is 3. The smallest absolute Gasteiger partial charge is 0.451 e. The first-order valence-electron chi connectivity index (χ1n) is 8.39. The van der Waals surface area contributed by atoms with E-state index in [-0.39, 0.29) is 37.1 Å². The first-order valence-corrected chi connectivity index (χ1v) is 8.39. The van der Waals surface area contributed by atoms with Gasteiger partial charge in [-0.05, 0) is 24.4 Å². The van der Waals surface area contributed by atoms with Gasteiger partial charge < -0.3 is 35.2 Å². The number of rotatable bonds is 10. The molecule has 28 heavy (non-hydrogen) atoms. The molecule has 0 aliphatic carbocycles. The molecule has 1 aromatic carbocycles. The van der Waals surface area contributed by atoms with E-state index in [2.05, 4.69) is 0 Å². The summed E-state index contributed by atoms with van der Waals surface area (Å²) in [6.07, 6.45) is -1.20. The van der Waals surface area contributed by atoms with Gasteiger partial charge in [0.25, 0.3) is 0 Å². The number of aryl methyl sites for hydroxylation is 1. The maximum absolute atomic E-state index is 11.5. The Morgan fingerprint density at radius 2 is 1.82 bits per heavy atom. The van der Waals surface area contributed by atoms with Gasteiger partial charge in [-0.1, -0.05) is 6.07 Å². The molecule has 1 unspecified atom stereocenters. The third-order valence-electron chi connectivity index (χ3n) is 4.37. The molecule has 1 aliphatic rings. The molecule has 0 bridgehead atoms. The van der Waals surface area contributed by atoms with Crippen molar-refractivity contribution in [3.8, 4) is 11.5 Å². The quantitative estimate of drug-likeness (QED) is 0.269. The lowest BCUT2D eigenvalue weighted by molar-refractivity contribution is -0.154. The molecular formula is C16H20BNO10. The van der Waals surface area contributed by atoms with Gasteiger partial charge in [0, 0.05) is 13.1 Å². The van der Waals surface area contributed by atoms with Crippen LogP contribution in [0.5, 0.6) is 11.5 Å². The zero-order chi connectivity index (χ0) is 21.0. The summed E-state index contributed by atoms with van der Waals surface area (Å²) in [6.45, 7) is 0.172. The number of carboxylic acid groups (broad SMARTS) is 3. The number of hydrogen-bond donors (Lipinski definition) is 6. The van der Waals surface area contributed by atoms with Gasteiger partial charge in [-0.25, -0.2) is 4.79 Å². The van der Waals surface area contributed by atoms with Crippen LogP contribution in [-0.4, -0.2) is 85.6 Å². The zero-order valence-corrected chi connectivity index (χ0v) is 14.7. The van der Waals surface area contributed by atoms with E-state index < -0.39 is 54.9 Å². The Bertz CT molecular complexity index is 762. The Morgan fingerprint density at radius 1 is 1.18 bits per heavy atom. The number of aliphatic carboxylic acids is 2. The topological polar surface area (TPSA) is 185 Å². The van der Waals surface area contributed by atoms with Crippen molar-refractivity contribution in [1.29, 1.82) is 0 Å². The van der Waals surface area contributed by atoms with Crippen LogP contribution in [0.3, 0.4) is 0 Å². The number of aromatic carboxylic acids is 1. The minimum atomic E-state index is -1.60. The predicted molar refractivity (Wildman–Crippen MR) is 93.4 cm³/mol. The van der Waals surface area contributed by atoms with E-state index >= 15 is 0 Å². The Hall–Kier alpha value is -2.83. The first kappa shape index (κ1) is 21.5. The highest BCUT2D eigenvalue weighted by molar-refractivity contribution is 6.41. The third kappa shape index (κ3) is 5.12. The van der Waals surface area contributed by atoms with Crippen molar-refractivity contribution in [2.75, 3.05) is 13.1 Å². The number of likely N-dealkylation sites (tertiary alicyclic amines) is 1. The van der Waals surface area contributed by atoms with Crippen molar-refractivity contribution >= 4 is 25.0 Å². The SMILES string of the molecule is O=C(O)CC(C(=O)O)N1CC(Oc2ccc(CCB(O)O)c(O)c2C(=O)O)C1. The Labute approximate surface area is 159 Å². The van der Waals surface area contributed by atoms with E-state index in [0.29, 0.717) is 0 Å². The summed E-state index contributed by atoms with van der Waals surface area (Å²) in [5.41, 5.74) is -0.274. The van der Waals surface area contributed by atoms with E-state index in [1.165, 1.54) is 17.0 Å². The molecule has 1 aliphatic heterocycles. The molecular weight excluding hydrogens is 377 g/mol. The molecule has 0 aromatic heterocycles. The van der Waals surface area contributed by atoms with Crippen molar-refractivity contribution in [2.45, 2.75) is 31.3 Å². The Balaban J connectivity index is 2.09. The fourth-order valence-corrected chi connectivity index (χ4v) is 2.92. The lowest BCUT2D eigenvalue weighted by atomic mass is 9.82. The lowest BCUT2D eigenvalue weighted by Gasteiger charge is -2.42. The second-order valence-electron chi connectivity index (χ2n) is 6.42. The van der Waals surface area contributed by atoms with Crippen LogP contribution in [-0.2, 0) is 16.0 Å². The monoisotopic (exact) mass is 397 g/mol. The maximum atomic E-state index is 11.5. The van der Waals surface area contributed by atoms with Crippen molar-refractivity contribution in [3.63, 3.8) is 0 Å². The summed E-state index contributed by atoms with van der Waals surface area (Å²) >= 11 is 0. The van der Waals surface area contributed by atoms with Crippen LogP contribution < -0.4 is 4.74 Å². The van der Waals surface area contributed by atoms with Gasteiger partial charge in [0.05, 0.1) is 6.42 Å². The first-order chi connectivity index (χ1) is 13.1. The lowest BCUT2D eigenvalue weighted by Crippen LogP contribution is -2.60. The van der Waals surface area contributed by atoms with Crippen LogP contribution in [0.15, 0.2) is 12.1 Å². The number of nitrogens with zero attached hydrogens (tertiary/aromatic N) is 1. The molecule has 2 rings (SSSR count). The highest BCUT2D eigenvalue weighted by Crippen LogP contribution is 2.34. The molecule has 1 atom stereocenters. The summed E-state index contributed by atoms with van der Waals surface area (Å²) < 4.78 is 5.55. The summed E-state index contributed by atoms with van der Waals surface area (Å²) in [7, 11) is -1.60. The average molecular weight is 397 g/mol. The van der Waals surface area contributed by atoms with E-state index in [1.54, 1.807) is 0 Å². The highest BCUT2D eigenvalue weighted by atomic mass is 16.5. The Morgan fingerprint density at radius 3 is 2.32 bits per heavy atom. The van der Waals surface area contributed by atoms with Gasteiger partial charge in [0.2, 0.25) is 0 Å². The van der Waals surface area contributed by atoms with Crippen LogP contribution in [0, 0.1) is 0 Å². The summed E-state index contributed by atoms with van der Waals surface area (Å²) in [6, 6.07) is 1.52. The molecule has 1 fully saturated rings. The fraction of sp³-hybridized carbons (Fsp3) is 0.438. The molecule has 152 valence electrons. The van der Waals surface area contributed by atoms with Crippen LogP contribution in [0.2, 0.25) is 6.32 Å². The van der Waals surface area contributed by atoms with Crippen molar-refractivity contribution in [3.05, 3.63) is 23.3 Å². The molecule has 1 saturated heterocycles. The fourth-order valence-electron chi connectivity index (χ4n) is 2.92. The maximum Gasteiger partial charge on any atom is 0.451 e. The van der Waals surface area contributed by atoms with Gasteiger partial charge >= 0.3 is 25.0 Å². The van der Waals surface area contributed by atoms with Gasteiger partial charge in [-0.3, -0.25) is 14.5 Å². The highest BCUT2D eigenvalue weighted by Gasteiger charge is 2.39. The number of carboxylic acids is 3. The van der Waals surface area contributed by atoms with Gasteiger partial charge in [0.15, 0.2) is 0 Å². The number of aromatic hydroxyl groups is 1. The largest absolute Gasteiger partial charge is 0.507 e. The van der Waals surface area contributed by atoms with Crippen LogP contribution in [0.4, 0.5) is 0 Å². The molecule has 11 nitrogen and oxygen atoms in total. The minimum Gasteiger partial charge on any atom is -0.507 e. The standard InChI is InChI=1S/C16H20BNO10/c19-12(20)5-10(15(22)23)18-6-9(7-18)28-11-2-1-8(3-4-17(26)27)14(21)13(11)16(24)25/h1-2,9-10,21,26-27H,3-7H2,(H,19,20)(H,22,23)(H,24,25). The third-order valence-corrected chi connectivity index (χ3v) is 4.37. The van der Waals surface area contributed by atoms with Gasteiger partial charge in [0.1, 0.15) is 29.2 Å². The number of hydrogen-bond acceptors (Lipinski definition) is 8. The van der Waals surface area contributed by atoms with Crippen molar-refractivity contribution in [2.24, 2.45) is 0 Å². The van der Waals surface area contributed by atoms with E-state index in [0.717, 1.165) is 0 Å². The molecule has 0 amide bonds.